The summed E-state index contributed by atoms with van der Waals surface area (Å²) < 4.78 is 27.3. The van der Waals surface area contributed by atoms with Crippen LogP contribution in [0.15, 0.2) is 36.5 Å². The molecule has 0 spiro atoms. The van der Waals surface area contributed by atoms with E-state index < -0.39 is 10.0 Å². The second-order valence-corrected chi connectivity index (χ2v) is 8.64. The molecule has 2 aliphatic heterocycles. The van der Waals surface area contributed by atoms with E-state index in [0.29, 0.717) is 30.8 Å². The highest BCUT2D eigenvalue weighted by atomic mass is 32.2. The lowest BCUT2D eigenvalue weighted by Crippen LogP contribution is -2.40. The third kappa shape index (κ3) is 2.63. The Balaban J connectivity index is 1.63. The predicted octanol–water partition coefficient (Wildman–Crippen LogP) is 2.03. The average molecular weight is 359 g/mol. The third-order valence-corrected chi connectivity index (χ3v) is 6.36. The summed E-state index contributed by atoms with van der Waals surface area (Å²) in [6.07, 6.45) is 3.90. The summed E-state index contributed by atoms with van der Waals surface area (Å²) in [4.78, 5) is 14.9. The second-order valence-electron chi connectivity index (χ2n) is 6.73. The Hall–Kier alpha value is -2.28. The van der Waals surface area contributed by atoms with E-state index in [-0.39, 0.29) is 11.9 Å². The van der Waals surface area contributed by atoms with Crippen LogP contribution < -0.4 is 4.31 Å². The molecular formula is C18H21N3O3S. The maximum atomic E-state index is 13.0. The van der Waals surface area contributed by atoms with Crippen LogP contribution >= 0.6 is 0 Å². The van der Waals surface area contributed by atoms with E-state index >= 15 is 0 Å². The average Bonchev–Trinajstić information content (AvgIpc) is 3.20. The number of nitrogens with zero attached hydrogens (tertiary/aromatic N) is 3. The monoisotopic (exact) mass is 359 g/mol. The number of aromatic nitrogens is 1. The van der Waals surface area contributed by atoms with Gasteiger partial charge < -0.3 is 9.47 Å². The third-order valence-electron chi connectivity index (χ3n) is 5.18. The van der Waals surface area contributed by atoms with Crippen molar-refractivity contribution >= 4 is 21.6 Å². The van der Waals surface area contributed by atoms with Gasteiger partial charge in [-0.3, -0.25) is 9.10 Å². The van der Waals surface area contributed by atoms with Crippen molar-refractivity contribution in [3.63, 3.8) is 0 Å². The Labute approximate surface area is 147 Å². The summed E-state index contributed by atoms with van der Waals surface area (Å²) in [6, 6.07) is 9.44. The zero-order valence-electron chi connectivity index (χ0n) is 14.3. The minimum Gasteiger partial charge on any atom is -0.348 e. The van der Waals surface area contributed by atoms with Gasteiger partial charge in [-0.2, -0.15) is 0 Å². The molecule has 0 saturated carbocycles. The molecule has 1 amide bonds. The van der Waals surface area contributed by atoms with Gasteiger partial charge in [0.2, 0.25) is 10.0 Å². The van der Waals surface area contributed by atoms with E-state index in [1.54, 1.807) is 12.1 Å². The summed E-state index contributed by atoms with van der Waals surface area (Å²) in [6.45, 7) is 3.96. The molecule has 1 atom stereocenters. The lowest BCUT2D eigenvalue weighted by atomic mass is 10.1. The van der Waals surface area contributed by atoms with Crippen molar-refractivity contribution in [1.29, 1.82) is 0 Å². The highest BCUT2D eigenvalue weighted by Gasteiger charge is 2.30. The second kappa shape index (κ2) is 5.62. The molecular weight excluding hydrogens is 338 g/mol. The minimum atomic E-state index is -3.27. The predicted molar refractivity (Wildman–Crippen MR) is 96.2 cm³/mol. The van der Waals surface area contributed by atoms with E-state index in [0.717, 1.165) is 17.8 Å². The minimum absolute atomic E-state index is 0.000514. The molecule has 0 saturated heterocycles. The molecule has 2 aliphatic rings. The largest absolute Gasteiger partial charge is 0.348 e. The normalized spacial score (nSPS) is 19.7. The van der Waals surface area contributed by atoms with Gasteiger partial charge in [-0.15, -0.1) is 0 Å². The maximum absolute atomic E-state index is 13.0. The molecule has 3 heterocycles. The molecule has 0 bridgehead atoms. The first-order chi connectivity index (χ1) is 11.9. The van der Waals surface area contributed by atoms with Gasteiger partial charge in [0.1, 0.15) is 0 Å². The zero-order valence-corrected chi connectivity index (χ0v) is 15.2. The van der Waals surface area contributed by atoms with Gasteiger partial charge in [0, 0.05) is 37.1 Å². The van der Waals surface area contributed by atoms with Crippen LogP contribution in [-0.2, 0) is 23.0 Å². The highest BCUT2D eigenvalue weighted by molar-refractivity contribution is 7.92. The lowest BCUT2D eigenvalue weighted by molar-refractivity contribution is 0.0644. The van der Waals surface area contributed by atoms with Gasteiger partial charge in [0.15, 0.2) is 0 Å². The number of hydrogen-bond donors (Lipinski definition) is 0. The number of amides is 1. The first-order valence-corrected chi connectivity index (χ1v) is 10.3. The van der Waals surface area contributed by atoms with Gasteiger partial charge in [-0.05, 0) is 49.2 Å². The van der Waals surface area contributed by atoms with Crippen molar-refractivity contribution in [2.45, 2.75) is 25.9 Å². The molecule has 7 heteroatoms. The first kappa shape index (κ1) is 16.2. The van der Waals surface area contributed by atoms with Crippen molar-refractivity contribution < 1.29 is 13.2 Å². The number of hydrogen-bond acceptors (Lipinski definition) is 3. The molecule has 25 heavy (non-hydrogen) atoms. The van der Waals surface area contributed by atoms with Crippen molar-refractivity contribution in [1.82, 2.24) is 9.47 Å². The quantitative estimate of drug-likeness (QED) is 0.824. The highest BCUT2D eigenvalue weighted by Crippen LogP contribution is 2.32. The molecule has 6 nitrogen and oxygen atoms in total. The van der Waals surface area contributed by atoms with Crippen molar-refractivity contribution in [3.8, 4) is 0 Å². The van der Waals surface area contributed by atoms with Crippen molar-refractivity contribution in [2.75, 3.05) is 23.7 Å². The number of carbonyl (C=O) groups excluding carboxylic acids is 1. The van der Waals surface area contributed by atoms with Gasteiger partial charge >= 0.3 is 0 Å². The van der Waals surface area contributed by atoms with Crippen LogP contribution in [0.2, 0.25) is 0 Å². The Morgan fingerprint density at radius 3 is 2.72 bits per heavy atom. The summed E-state index contributed by atoms with van der Waals surface area (Å²) in [5.41, 5.74) is 3.38. The number of carbonyl (C=O) groups is 1. The summed E-state index contributed by atoms with van der Waals surface area (Å²) in [5, 5.41) is 0. The van der Waals surface area contributed by atoms with Crippen LogP contribution in [0, 0.1) is 0 Å². The van der Waals surface area contributed by atoms with Crippen LogP contribution in [0.1, 0.15) is 34.6 Å². The first-order valence-electron chi connectivity index (χ1n) is 8.43. The fraction of sp³-hybridized carbons (Fsp3) is 0.389. The number of anilines is 1. The lowest BCUT2D eigenvalue weighted by Gasteiger charge is -2.35. The summed E-state index contributed by atoms with van der Waals surface area (Å²) in [7, 11) is -3.27. The number of sulfonamides is 1. The molecule has 1 aromatic heterocycles. The van der Waals surface area contributed by atoms with Crippen molar-refractivity contribution in [2.24, 2.45) is 0 Å². The van der Waals surface area contributed by atoms with Gasteiger partial charge in [0.25, 0.3) is 5.91 Å². The topological polar surface area (TPSA) is 62.6 Å². The molecule has 132 valence electrons. The summed E-state index contributed by atoms with van der Waals surface area (Å²) >= 11 is 0. The Bertz CT molecular complexity index is 948. The molecule has 0 aliphatic carbocycles. The number of rotatable bonds is 2. The Kier molecular flexibility index (Phi) is 3.64. The van der Waals surface area contributed by atoms with E-state index in [9.17, 15) is 13.2 Å². The molecule has 2 aromatic rings. The van der Waals surface area contributed by atoms with Gasteiger partial charge in [0.05, 0.1) is 18.0 Å². The van der Waals surface area contributed by atoms with Gasteiger partial charge in [-0.25, -0.2) is 8.42 Å². The van der Waals surface area contributed by atoms with Crippen LogP contribution in [0.5, 0.6) is 0 Å². The molecule has 0 N–H and O–H groups in total. The van der Waals surface area contributed by atoms with Crippen LogP contribution in [0.3, 0.4) is 0 Å². The standard InChI is InChI=1S/C18H21N3O3S/c1-13-16-4-3-8-19(16)10-11-20(13)18(22)15-5-6-17-14(12-15)7-9-21(17)25(2,23)24/h3-6,8,12-13H,7,9-11H2,1-2H3. The van der Waals surface area contributed by atoms with E-state index in [2.05, 4.69) is 10.6 Å². The number of benzene rings is 1. The van der Waals surface area contributed by atoms with Crippen LogP contribution in [-0.4, -0.2) is 43.1 Å². The Morgan fingerprint density at radius 1 is 1.16 bits per heavy atom. The van der Waals surface area contributed by atoms with E-state index in [1.165, 1.54) is 10.6 Å². The fourth-order valence-corrected chi connectivity index (χ4v) is 4.83. The fourth-order valence-electron chi connectivity index (χ4n) is 3.87. The SMILES string of the molecule is CC1c2cccn2CCN1C(=O)c1ccc2c(c1)CCN2S(C)(=O)=O. The maximum Gasteiger partial charge on any atom is 0.254 e. The van der Waals surface area contributed by atoms with E-state index in [4.69, 9.17) is 0 Å². The smallest absolute Gasteiger partial charge is 0.254 e. The molecule has 1 aromatic carbocycles. The molecule has 0 fully saturated rings. The number of fused-ring (bicyclic) bond motifs is 2. The molecule has 0 radical (unpaired) electrons. The van der Waals surface area contributed by atoms with Crippen molar-refractivity contribution in [3.05, 3.63) is 53.3 Å². The van der Waals surface area contributed by atoms with Gasteiger partial charge in [-0.1, -0.05) is 0 Å². The van der Waals surface area contributed by atoms with Crippen LogP contribution in [0.4, 0.5) is 5.69 Å². The van der Waals surface area contributed by atoms with Crippen LogP contribution in [0.25, 0.3) is 0 Å². The zero-order chi connectivity index (χ0) is 17.8. The Morgan fingerprint density at radius 2 is 1.96 bits per heavy atom. The summed E-state index contributed by atoms with van der Waals surface area (Å²) in [5.74, 6) is 0.000514. The van der Waals surface area contributed by atoms with E-state index in [1.807, 2.05) is 30.2 Å². The molecule has 1 unspecified atom stereocenters. The molecule has 4 rings (SSSR count).